The van der Waals surface area contributed by atoms with Crippen molar-refractivity contribution in [2.24, 2.45) is 11.8 Å². The SMILES string of the molecule is CCOC(=O)[C@@H]1C(=O)O[C@H]2OCC[C@H]21. The first-order valence-corrected chi connectivity index (χ1v) is 4.72. The number of fused-ring (bicyclic) bond motifs is 1. The van der Waals surface area contributed by atoms with Crippen molar-refractivity contribution in [3.63, 3.8) is 0 Å². The van der Waals surface area contributed by atoms with E-state index < -0.39 is 24.1 Å². The molecule has 2 fully saturated rings. The fraction of sp³-hybridized carbons (Fsp3) is 0.778. The molecule has 2 rings (SSSR count). The Kier molecular flexibility index (Phi) is 2.41. The van der Waals surface area contributed by atoms with E-state index in [2.05, 4.69) is 0 Å². The lowest BCUT2D eigenvalue weighted by molar-refractivity contribution is -0.163. The minimum Gasteiger partial charge on any atom is -0.465 e. The van der Waals surface area contributed by atoms with Gasteiger partial charge in [0.2, 0.25) is 6.29 Å². The minimum atomic E-state index is -0.776. The summed E-state index contributed by atoms with van der Waals surface area (Å²) in [5.41, 5.74) is 0. The highest BCUT2D eigenvalue weighted by molar-refractivity contribution is 5.96. The Morgan fingerprint density at radius 2 is 2.43 bits per heavy atom. The average Bonchev–Trinajstić information content (AvgIpc) is 2.63. The maximum atomic E-state index is 11.4. The Hall–Kier alpha value is -1.10. The predicted octanol–water partition coefficient (Wildman–Crippen LogP) is 0.0851. The monoisotopic (exact) mass is 200 g/mol. The molecule has 0 aliphatic carbocycles. The van der Waals surface area contributed by atoms with Gasteiger partial charge in [-0.15, -0.1) is 0 Å². The smallest absolute Gasteiger partial charge is 0.323 e. The molecule has 0 aromatic heterocycles. The van der Waals surface area contributed by atoms with Crippen molar-refractivity contribution in [3.8, 4) is 0 Å². The molecule has 0 aromatic rings. The molecule has 5 heteroatoms. The highest BCUT2D eigenvalue weighted by atomic mass is 16.7. The summed E-state index contributed by atoms with van der Waals surface area (Å²) in [6.45, 7) is 2.53. The number of esters is 2. The van der Waals surface area contributed by atoms with Gasteiger partial charge in [-0.2, -0.15) is 0 Å². The Morgan fingerprint density at radius 3 is 3.14 bits per heavy atom. The number of ether oxygens (including phenoxy) is 3. The quantitative estimate of drug-likeness (QED) is 0.467. The lowest BCUT2D eigenvalue weighted by atomic mass is 9.93. The van der Waals surface area contributed by atoms with Gasteiger partial charge in [0.25, 0.3) is 0 Å². The molecule has 0 unspecified atom stereocenters. The molecule has 3 atom stereocenters. The molecule has 0 saturated carbocycles. The van der Waals surface area contributed by atoms with Crippen molar-refractivity contribution in [1.82, 2.24) is 0 Å². The highest BCUT2D eigenvalue weighted by Gasteiger charge is 2.52. The minimum absolute atomic E-state index is 0.151. The molecule has 0 aromatic carbocycles. The molecule has 0 N–H and O–H groups in total. The second-order valence-electron chi connectivity index (χ2n) is 3.36. The molecule has 0 bridgehead atoms. The summed E-state index contributed by atoms with van der Waals surface area (Å²) < 4.78 is 14.9. The third-order valence-electron chi connectivity index (χ3n) is 2.54. The standard InChI is InChI=1S/C9H12O5/c1-2-12-7(10)6-5-3-4-13-9(5)14-8(6)11/h5-6,9H,2-4H2,1H3/t5-,6+,9+/m0/s1. The van der Waals surface area contributed by atoms with Crippen molar-refractivity contribution in [3.05, 3.63) is 0 Å². The van der Waals surface area contributed by atoms with Gasteiger partial charge in [-0.05, 0) is 13.3 Å². The number of carbonyl (C=O) groups is 2. The summed E-state index contributed by atoms with van der Waals surface area (Å²) in [6, 6.07) is 0. The van der Waals surface area contributed by atoms with Gasteiger partial charge in [0.05, 0.1) is 13.2 Å². The Balaban J connectivity index is 2.09. The summed E-state index contributed by atoms with van der Waals surface area (Å²) >= 11 is 0. The van der Waals surface area contributed by atoms with Gasteiger partial charge in [-0.3, -0.25) is 9.59 Å². The zero-order valence-corrected chi connectivity index (χ0v) is 7.89. The van der Waals surface area contributed by atoms with Gasteiger partial charge in [0, 0.05) is 5.92 Å². The van der Waals surface area contributed by atoms with E-state index in [1.807, 2.05) is 0 Å². The van der Waals surface area contributed by atoms with E-state index in [1.54, 1.807) is 6.92 Å². The van der Waals surface area contributed by atoms with Crippen LogP contribution < -0.4 is 0 Å². The summed E-state index contributed by atoms with van der Waals surface area (Å²) in [4.78, 5) is 22.7. The molecule has 0 amide bonds. The third kappa shape index (κ3) is 1.37. The van der Waals surface area contributed by atoms with Crippen LogP contribution in [0.4, 0.5) is 0 Å². The van der Waals surface area contributed by atoms with E-state index in [-0.39, 0.29) is 12.5 Å². The first-order valence-electron chi connectivity index (χ1n) is 4.72. The third-order valence-corrected chi connectivity index (χ3v) is 2.54. The molecule has 0 spiro atoms. The van der Waals surface area contributed by atoms with Crippen LogP contribution in [-0.4, -0.2) is 31.4 Å². The van der Waals surface area contributed by atoms with Crippen LogP contribution in [0.25, 0.3) is 0 Å². The maximum Gasteiger partial charge on any atom is 0.323 e. The van der Waals surface area contributed by atoms with Gasteiger partial charge in [-0.1, -0.05) is 0 Å². The van der Waals surface area contributed by atoms with E-state index in [9.17, 15) is 9.59 Å². The first-order chi connectivity index (χ1) is 6.74. The Bertz CT molecular complexity index is 262. The van der Waals surface area contributed by atoms with Crippen LogP contribution >= 0.6 is 0 Å². The van der Waals surface area contributed by atoms with E-state index in [4.69, 9.17) is 14.2 Å². The normalized spacial score (nSPS) is 35.2. The van der Waals surface area contributed by atoms with Crippen LogP contribution in [-0.2, 0) is 23.8 Å². The van der Waals surface area contributed by atoms with Gasteiger partial charge >= 0.3 is 11.9 Å². The lowest BCUT2D eigenvalue weighted by Gasteiger charge is -2.09. The average molecular weight is 200 g/mol. The fourth-order valence-corrected chi connectivity index (χ4v) is 1.89. The molecular formula is C9H12O5. The Labute approximate surface area is 81.3 Å². The predicted molar refractivity (Wildman–Crippen MR) is 44.1 cm³/mol. The molecule has 14 heavy (non-hydrogen) atoms. The van der Waals surface area contributed by atoms with Crippen LogP contribution in [0.2, 0.25) is 0 Å². The zero-order valence-electron chi connectivity index (χ0n) is 7.89. The van der Waals surface area contributed by atoms with E-state index in [1.165, 1.54) is 0 Å². The van der Waals surface area contributed by atoms with Gasteiger partial charge < -0.3 is 14.2 Å². The topological polar surface area (TPSA) is 61.8 Å². The van der Waals surface area contributed by atoms with E-state index >= 15 is 0 Å². The number of hydrogen-bond donors (Lipinski definition) is 0. The molecule has 2 saturated heterocycles. The second kappa shape index (κ2) is 3.57. The fourth-order valence-electron chi connectivity index (χ4n) is 1.89. The molecule has 0 radical (unpaired) electrons. The van der Waals surface area contributed by atoms with Crippen molar-refractivity contribution in [2.45, 2.75) is 19.6 Å². The van der Waals surface area contributed by atoms with E-state index in [0.29, 0.717) is 13.0 Å². The molecular weight excluding hydrogens is 188 g/mol. The lowest BCUT2D eigenvalue weighted by Crippen LogP contribution is -2.27. The molecule has 2 aliphatic rings. The number of carbonyl (C=O) groups excluding carboxylic acids is 2. The first kappa shape index (κ1) is 9.45. The summed E-state index contributed by atoms with van der Waals surface area (Å²) in [5, 5.41) is 0. The second-order valence-corrected chi connectivity index (χ2v) is 3.36. The molecule has 2 heterocycles. The van der Waals surface area contributed by atoms with E-state index in [0.717, 1.165) is 0 Å². The summed E-state index contributed by atoms with van der Waals surface area (Å²) in [7, 11) is 0. The van der Waals surface area contributed by atoms with Gasteiger partial charge in [0.1, 0.15) is 0 Å². The van der Waals surface area contributed by atoms with Gasteiger partial charge in [0.15, 0.2) is 5.92 Å². The van der Waals surface area contributed by atoms with Crippen molar-refractivity contribution in [2.75, 3.05) is 13.2 Å². The van der Waals surface area contributed by atoms with Gasteiger partial charge in [-0.25, -0.2) is 0 Å². The number of rotatable bonds is 2. The van der Waals surface area contributed by atoms with Crippen molar-refractivity contribution in [1.29, 1.82) is 0 Å². The van der Waals surface area contributed by atoms with Crippen molar-refractivity contribution < 1.29 is 23.8 Å². The molecule has 2 aliphatic heterocycles. The summed E-state index contributed by atoms with van der Waals surface area (Å²) in [6.07, 6.45) is 0.150. The van der Waals surface area contributed by atoms with Crippen LogP contribution in [0, 0.1) is 11.8 Å². The van der Waals surface area contributed by atoms with Crippen molar-refractivity contribution >= 4 is 11.9 Å². The Morgan fingerprint density at radius 1 is 1.64 bits per heavy atom. The number of hydrogen-bond acceptors (Lipinski definition) is 5. The van der Waals surface area contributed by atoms with Crippen LogP contribution in [0.1, 0.15) is 13.3 Å². The largest absolute Gasteiger partial charge is 0.465 e. The zero-order chi connectivity index (χ0) is 10.1. The van der Waals surface area contributed by atoms with Crippen LogP contribution in [0.5, 0.6) is 0 Å². The maximum absolute atomic E-state index is 11.4. The molecule has 78 valence electrons. The van der Waals surface area contributed by atoms with Crippen LogP contribution in [0.3, 0.4) is 0 Å². The van der Waals surface area contributed by atoms with Crippen LogP contribution in [0.15, 0.2) is 0 Å². The summed E-state index contributed by atoms with van der Waals surface area (Å²) in [5.74, 6) is -1.93. The highest BCUT2D eigenvalue weighted by Crippen LogP contribution is 2.36. The molecule has 5 nitrogen and oxygen atoms in total.